The number of benzene rings is 2. The molecule has 1 amide bonds. The number of aromatic nitrogens is 2. The van der Waals surface area contributed by atoms with Crippen molar-refractivity contribution in [2.45, 2.75) is 17.9 Å². The zero-order valence-corrected chi connectivity index (χ0v) is 16.9. The molecule has 0 aliphatic heterocycles. The third-order valence-corrected chi connectivity index (χ3v) is 5.24. The van der Waals surface area contributed by atoms with Crippen LogP contribution < -0.4 is 10.1 Å². The van der Waals surface area contributed by atoms with Crippen LogP contribution in [-0.4, -0.2) is 37.9 Å². The molecule has 0 atom stereocenters. The summed E-state index contributed by atoms with van der Waals surface area (Å²) in [6, 6.07) is 17.8. The van der Waals surface area contributed by atoms with Crippen LogP contribution in [0.3, 0.4) is 0 Å². The second-order valence-electron chi connectivity index (χ2n) is 6.51. The summed E-state index contributed by atoms with van der Waals surface area (Å²) in [4.78, 5) is 12.3. The standard InChI is InChI=1S/C21H21N3O4S/c1-28-18-9-6-15(7-10-18)8-12-20(25)22-17-5-3-4-16(14-17)19-11-13-21(24-23-19)29(2,26)27/h3-7,9-11,13-14H,8,12H2,1-2H3,(H,22,25). The summed E-state index contributed by atoms with van der Waals surface area (Å²) >= 11 is 0. The minimum atomic E-state index is -3.40. The van der Waals surface area contributed by atoms with Gasteiger partial charge in [0, 0.05) is 23.9 Å². The van der Waals surface area contributed by atoms with Gasteiger partial charge in [0.2, 0.25) is 5.91 Å². The van der Waals surface area contributed by atoms with E-state index in [1.807, 2.05) is 30.3 Å². The molecule has 3 aromatic rings. The van der Waals surface area contributed by atoms with Crippen molar-refractivity contribution in [3.05, 3.63) is 66.2 Å². The summed E-state index contributed by atoms with van der Waals surface area (Å²) in [5.41, 5.74) is 2.93. The smallest absolute Gasteiger partial charge is 0.224 e. The SMILES string of the molecule is COc1ccc(CCC(=O)Nc2cccc(-c3ccc(S(C)(=O)=O)nn3)c2)cc1. The Labute approximate surface area is 169 Å². The van der Waals surface area contributed by atoms with Crippen molar-refractivity contribution in [2.75, 3.05) is 18.7 Å². The molecule has 150 valence electrons. The first-order chi connectivity index (χ1) is 13.8. The van der Waals surface area contributed by atoms with E-state index in [9.17, 15) is 13.2 Å². The molecule has 0 radical (unpaired) electrons. The Kier molecular flexibility index (Phi) is 6.23. The van der Waals surface area contributed by atoms with Gasteiger partial charge < -0.3 is 10.1 Å². The number of sulfone groups is 1. The maximum absolute atomic E-state index is 12.3. The average Bonchev–Trinajstić information content (AvgIpc) is 2.72. The molecule has 7 nitrogen and oxygen atoms in total. The molecule has 29 heavy (non-hydrogen) atoms. The zero-order chi connectivity index (χ0) is 20.9. The number of aryl methyl sites for hydroxylation is 1. The van der Waals surface area contributed by atoms with Crippen molar-refractivity contribution in [3.63, 3.8) is 0 Å². The monoisotopic (exact) mass is 411 g/mol. The van der Waals surface area contributed by atoms with Crippen LogP contribution in [0.1, 0.15) is 12.0 Å². The van der Waals surface area contributed by atoms with Gasteiger partial charge in [-0.3, -0.25) is 4.79 Å². The molecule has 0 unspecified atom stereocenters. The molecule has 1 aromatic heterocycles. The summed E-state index contributed by atoms with van der Waals surface area (Å²) in [6.07, 6.45) is 2.05. The number of amides is 1. The van der Waals surface area contributed by atoms with E-state index in [1.165, 1.54) is 6.07 Å². The van der Waals surface area contributed by atoms with Gasteiger partial charge in [0.25, 0.3) is 0 Å². The molecular weight excluding hydrogens is 390 g/mol. The Balaban J connectivity index is 1.63. The summed E-state index contributed by atoms with van der Waals surface area (Å²) < 4.78 is 28.1. The van der Waals surface area contributed by atoms with Gasteiger partial charge in [0.05, 0.1) is 12.8 Å². The lowest BCUT2D eigenvalue weighted by Gasteiger charge is -2.08. The van der Waals surface area contributed by atoms with Crippen molar-refractivity contribution in [3.8, 4) is 17.0 Å². The molecule has 8 heteroatoms. The van der Waals surface area contributed by atoms with E-state index in [4.69, 9.17) is 4.74 Å². The second kappa shape index (κ2) is 8.83. The highest BCUT2D eigenvalue weighted by Crippen LogP contribution is 2.21. The summed E-state index contributed by atoms with van der Waals surface area (Å²) in [6.45, 7) is 0. The van der Waals surface area contributed by atoms with Crippen LogP contribution in [0.15, 0.2) is 65.7 Å². The normalized spacial score (nSPS) is 11.1. The zero-order valence-electron chi connectivity index (χ0n) is 16.1. The number of carbonyl (C=O) groups is 1. The second-order valence-corrected chi connectivity index (χ2v) is 8.47. The first kappa shape index (κ1) is 20.5. The van der Waals surface area contributed by atoms with Gasteiger partial charge >= 0.3 is 0 Å². The minimum Gasteiger partial charge on any atom is -0.497 e. The quantitative estimate of drug-likeness (QED) is 0.641. The number of ether oxygens (including phenoxy) is 1. The Bertz CT molecular complexity index is 1100. The van der Waals surface area contributed by atoms with Crippen molar-refractivity contribution in [1.29, 1.82) is 0 Å². The number of methoxy groups -OCH3 is 1. The maximum Gasteiger partial charge on any atom is 0.224 e. The fraction of sp³-hybridized carbons (Fsp3) is 0.190. The van der Waals surface area contributed by atoms with Crippen molar-refractivity contribution in [2.24, 2.45) is 0 Å². The highest BCUT2D eigenvalue weighted by molar-refractivity contribution is 7.90. The molecule has 0 bridgehead atoms. The van der Waals surface area contributed by atoms with Crippen LogP contribution in [0.5, 0.6) is 5.75 Å². The third kappa shape index (κ3) is 5.61. The average molecular weight is 411 g/mol. The van der Waals surface area contributed by atoms with E-state index < -0.39 is 9.84 Å². The molecule has 1 N–H and O–H groups in total. The van der Waals surface area contributed by atoms with Crippen LogP contribution in [0.2, 0.25) is 0 Å². The summed E-state index contributed by atoms with van der Waals surface area (Å²) in [5, 5.41) is 10.5. The van der Waals surface area contributed by atoms with E-state index in [2.05, 4.69) is 15.5 Å². The van der Waals surface area contributed by atoms with Gasteiger partial charge in [0.15, 0.2) is 14.9 Å². The van der Waals surface area contributed by atoms with Gasteiger partial charge in [-0.1, -0.05) is 24.3 Å². The van der Waals surface area contributed by atoms with E-state index >= 15 is 0 Å². The molecule has 3 rings (SSSR count). The van der Waals surface area contributed by atoms with E-state index in [1.54, 1.807) is 31.4 Å². The molecular formula is C21H21N3O4S. The number of hydrogen-bond donors (Lipinski definition) is 1. The number of nitrogens with zero attached hydrogens (tertiary/aromatic N) is 2. The Morgan fingerprint density at radius 2 is 1.79 bits per heavy atom. The van der Waals surface area contributed by atoms with Crippen LogP contribution >= 0.6 is 0 Å². The molecule has 0 saturated heterocycles. The number of anilines is 1. The van der Waals surface area contributed by atoms with Crippen LogP contribution in [0.25, 0.3) is 11.3 Å². The lowest BCUT2D eigenvalue weighted by Crippen LogP contribution is -2.12. The lowest BCUT2D eigenvalue weighted by atomic mass is 10.1. The van der Waals surface area contributed by atoms with Gasteiger partial charge in [-0.15, -0.1) is 10.2 Å². The van der Waals surface area contributed by atoms with Crippen LogP contribution in [-0.2, 0) is 21.1 Å². The van der Waals surface area contributed by atoms with Crippen LogP contribution in [0, 0.1) is 0 Å². The first-order valence-electron chi connectivity index (χ1n) is 8.92. The van der Waals surface area contributed by atoms with E-state index in [0.29, 0.717) is 24.2 Å². The highest BCUT2D eigenvalue weighted by atomic mass is 32.2. The number of hydrogen-bond acceptors (Lipinski definition) is 6. The summed E-state index contributed by atoms with van der Waals surface area (Å²) in [7, 11) is -1.78. The fourth-order valence-corrected chi connectivity index (χ4v) is 3.21. The Morgan fingerprint density at radius 3 is 2.41 bits per heavy atom. The van der Waals surface area contributed by atoms with Crippen molar-refractivity contribution >= 4 is 21.4 Å². The predicted molar refractivity (Wildman–Crippen MR) is 111 cm³/mol. The molecule has 0 saturated carbocycles. The van der Waals surface area contributed by atoms with Gasteiger partial charge in [0.1, 0.15) is 5.75 Å². The fourth-order valence-electron chi connectivity index (χ4n) is 2.70. The van der Waals surface area contributed by atoms with Crippen molar-refractivity contribution in [1.82, 2.24) is 10.2 Å². The van der Waals surface area contributed by atoms with E-state index in [0.717, 1.165) is 23.1 Å². The Hall–Kier alpha value is -3.26. The highest BCUT2D eigenvalue weighted by Gasteiger charge is 2.11. The molecule has 0 spiro atoms. The van der Waals surface area contributed by atoms with Crippen LogP contribution in [0.4, 0.5) is 5.69 Å². The van der Waals surface area contributed by atoms with Gasteiger partial charge in [-0.2, -0.15) is 0 Å². The minimum absolute atomic E-state index is 0.0794. The number of carbonyl (C=O) groups excluding carboxylic acids is 1. The maximum atomic E-state index is 12.3. The van der Waals surface area contributed by atoms with E-state index in [-0.39, 0.29) is 10.9 Å². The molecule has 1 heterocycles. The van der Waals surface area contributed by atoms with Crippen molar-refractivity contribution < 1.29 is 17.9 Å². The first-order valence-corrected chi connectivity index (χ1v) is 10.8. The lowest BCUT2D eigenvalue weighted by molar-refractivity contribution is -0.116. The Morgan fingerprint density at radius 1 is 1.03 bits per heavy atom. The van der Waals surface area contributed by atoms with Gasteiger partial charge in [-0.25, -0.2) is 8.42 Å². The molecule has 2 aromatic carbocycles. The topological polar surface area (TPSA) is 98.2 Å². The number of rotatable bonds is 7. The number of nitrogens with one attached hydrogen (secondary N) is 1. The molecule has 0 aliphatic rings. The largest absolute Gasteiger partial charge is 0.497 e. The summed E-state index contributed by atoms with van der Waals surface area (Å²) in [5.74, 6) is 0.680. The predicted octanol–water partition coefficient (Wildman–Crippen LogP) is 3.13. The van der Waals surface area contributed by atoms with Gasteiger partial charge in [-0.05, 0) is 48.4 Å². The molecule has 0 fully saturated rings. The molecule has 0 aliphatic carbocycles. The third-order valence-electron chi connectivity index (χ3n) is 4.26.